The number of terminal acetylenes is 1. The Balaban J connectivity index is 2.69. The van der Waals surface area contributed by atoms with Crippen LogP contribution < -0.4 is 5.32 Å². The van der Waals surface area contributed by atoms with Crippen molar-refractivity contribution in [2.75, 3.05) is 6.54 Å². The summed E-state index contributed by atoms with van der Waals surface area (Å²) in [5.41, 5.74) is 0. The molecule has 0 saturated heterocycles. The molecule has 0 aromatic heterocycles. The zero-order valence-electron chi connectivity index (χ0n) is 5.98. The largest absolute Gasteiger partial charge is 0.312 e. The smallest absolute Gasteiger partial charge is 0.0230 e. The van der Waals surface area contributed by atoms with Gasteiger partial charge >= 0.3 is 0 Å². The minimum absolute atomic E-state index is 0.844. The Labute approximate surface area is 57.8 Å². The van der Waals surface area contributed by atoms with Crippen molar-refractivity contribution in [3.05, 3.63) is 6.54 Å². The number of hydrogen-bond donors (Lipinski definition) is 1. The number of unbranched alkanes of at least 4 members (excludes halogenated alkanes) is 1. The third kappa shape index (κ3) is 7.52. The van der Waals surface area contributed by atoms with Gasteiger partial charge in [-0.2, -0.15) is 0 Å². The second-order valence-corrected chi connectivity index (χ2v) is 1.90. The van der Waals surface area contributed by atoms with Crippen LogP contribution in [0.15, 0.2) is 0 Å². The van der Waals surface area contributed by atoms with E-state index in [-0.39, 0.29) is 0 Å². The zero-order chi connectivity index (χ0) is 6.95. The topological polar surface area (TPSA) is 12.0 Å². The Kier molecular flexibility index (Phi) is 7.12. The molecule has 0 spiro atoms. The van der Waals surface area contributed by atoms with E-state index in [2.05, 4.69) is 18.2 Å². The third-order valence-corrected chi connectivity index (χ3v) is 0.972. The van der Waals surface area contributed by atoms with Crippen molar-refractivity contribution in [2.24, 2.45) is 0 Å². The van der Waals surface area contributed by atoms with Gasteiger partial charge < -0.3 is 5.32 Å². The fourth-order valence-electron chi connectivity index (χ4n) is 0.504. The highest BCUT2D eigenvalue weighted by molar-refractivity contribution is 4.85. The van der Waals surface area contributed by atoms with Crippen LogP contribution in [0.4, 0.5) is 0 Å². The summed E-state index contributed by atoms with van der Waals surface area (Å²) in [6.07, 6.45) is 8.05. The van der Waals surface area contributed by atoms with Crippen molar-refractivity contribution in [1.82, 2.24) is 5.32 Å². The fourth-order valence-corrected chi connectivity index (χ4v) is 0.504. The minimum Gasteiger partial charge on any atom is -0.312 e. The van der Waals surface area contributed by atoms with Crippen LogP contribution in [0, 0.1) is 18.9 Å². The van der Waals surface area contributed by atoms with Crippen LogP contribution in [0.25, 0.3) is 0 Å². The normalized spacial score (nSPS) is 8.89. The predicted molar refractivity (Wildman–Crippen MR) is 40.7 cm³/mol. The van der Waals surface area contributed by atoms with Crippen molar-refractivity contribution in [1.29, 1.82) is 0 Å². The van der Waals surface area contributed by atoms with Crippen LogP contribution in [-0.4, -0.2) is 6.54 Å². The van der Waals surface area contributed by atoms with Gasteiger partial charge in [-0.25, -0.2) is 0 Å². The maximum absolute atomic E-state index is 5.05. The van der Waals surface area contributed by atoms with E-state index in [0.717, 1.165) is 19.4 Å². The van der Waals surface area contributed by atoms with Gasteiger partial charge in [0.25, 0.3) is 0 Å². The first-order valence-electron chi connectivity index (χ1n) is 3.40. The molecular weight excluding hydrogens is 110 g/mol. The number of nitrogens with one attached hydrogen (secondary N) is 1. The summed E-state index contributed by atoms with van der Waals surface area (Å²) in [4.78, 5) is 0. The van der Waals surface area contributed by atoms with Gasteiger partial charge in [-0.3, -0.25) is 0 Å². The molecule has 0 aromatic carbocycles. The lowest BCUT2D eigenvalue weighted by Gasteiger charge is -1.97. The van der Waals surface area contributed by atoms with Crippen molar-refractivity contribution in [2.45, 2.75) is 26.2 Å². The Hall–Kier alpha value is -0.480. The Morgan fingerprint density at radius 2 is 2.44 bits per heavy atom. The Morgan fingerprint density at radius 3 is 3.00 bits per heavy atom. The lowest BCUT2D eigenvalue weighted by Crippen LogP contribution is -2.09. The zero-order valence-corrected chi connectivity index (χ0v) is 5.98. The molecule has 1 N–H and O–H groups in total. The summed E-state index contributed by atoms with van der Waals surface area (Å²) in [6, 6.07) is 0. The lowest BCUT2D eigenvalue weighted by molar-refractivity contribution is 0.724. The first kappa shape index (κ1) is 8.52. The van der Waals surface area contributed by atoms with E-state index < -0.39 is 0 Å². The number of rotatable bonds is 5. The average Bonchev–Trinajstić information content (AvgIpc) is 1.89. The molecule has 1 heteroatoms. The molecule has 9 heavy (non-hydrogen) atoms. The highest BCUT2D eigenvalue weighted by Gasteiger charge is 1.82. The molecule has 0 atom stereocenters. The van der Waals surface area contributed by atoms with E-state index in [9.17, 15) is 0 Å². The van der Waals surface area contributed by atoms with Gasteiger partial charge in [0.05, 0.1) is 0 Å². The van der Waals surface area contributed by atoms with Gasteiger partial charge in [-0.15, -0.1) is 12.3 Å². The van der Waals surface area contributed by atoms with Crippen molar-refractivity contribution >= 4 is 0 Å². The molecule has 0 saturated carbocycles. The highest BCUT2D eigenvalue weighted by atomic mass is 14.8. The maximum Gasteiger partial charge on any atom is 0.0230 e. The van der Waals surface area contributed by atoms with Gasteiger partial charge in [-0.05, 0) is 19.4 Å². The quantitative estimate of drug-likeness (QED) is 0.433. The standard InChI is InChI=1S/C8H14N/c1-3-5-6-8-9-7-4-2/h1,8-9H,4-7H2,2H3. The molecule has 0 heterocycles. The van der Waals surface area contributed by atoms with E-state index in [4.69, 9.17) is 6.42 Å². The van der Waals surface area contributed by atoms with Crippen LogP contribution in [0.5, 0.6) is 0 Å². The summed E-state index contributed by atoms with van der Waals surface area (Å²) >= 11 is 0. The van der Waals surface area contributed by atoms with E-state index in [1.807, 2.05) is 6.54 Å². The molecule has 0 aromatic rings. The van der Waals surface area contributed by atoms with Crippen LogP contribution in [0.2, 0.25) is 0 Å². The molecule has 0 aliphatic heterocycles. The van der Waals surface area contributed by atoms with Gasteiger partial charge in [0, 0.05) is 13.0 Å². The SMILES string of the molecule is C#CCC[CH]NCCC. The van der Waals surface area contributed by atoms with E-state index in [0.29, 0.717) is 0 Å². The molecule has 1 nitrogen and oxygen atoms in total. The first-order valence-corrected chi connectivity index (χ1v) is 3.40. The Morgan fingerprint density at radius 1 is 1.67 bits per heavy atom. The molecule has 0 bridgehead atoms. The summed E-state index contributed by atoms with van der Waals surface area (Å²) in [5, 5.41) is 3.15. The van der Waals surface area contributed by atoms with Gasteiger partial charge in [0.15, 0.2) is 0 Å². The van der Waals surface area contributed by atoms with Crippen LogP contribution in [0.3, 0.4) is 0 Å². The number of hydrogen-bond acceptors (Lipinski definition) is 1. The molecule has 0 fully saturated rings. The monoisotopic (exact) mass is 124 g/mol. The third-order valence-electron chi connectivity index (χ3n) is 0.972. The highest BCUT2D eigenvalue weighted by Crippen LogP contribution is 1.87. The summed E-state index contributed by atoms with van der Waals surface area (Å²) in [7, 11) is 0. The van der Waals surface area contributed by atoms with Gasteiger partial charge in [-0.1, -0.05) is 6.92 Å². The molecule has 0 unspecified atom stereocenters. The molecular formula is C8H14N. The summed E-state index contributed by atoms with van der Waals surface area (Å²) < 4.78 is 0. The van der Waals surface area contributed by atoms with E-state index in [1.54, 1.807) is 0 Å². The van der Waals surface area contributed by atoms with E-state index in [1.165, 1.54) is 6.42 Å². The van der Waals surface area contributed by atoms with Crippen molar-refractivity contribution < 1.29 is 0 Å². The van der Waals surface area contributed by atoms with Crippen LogP contribution >= 0.6 is 0 Å². The van der Waals surface area contributed by atoms with Crippen LogP contribution in [0.1, 0.15) is 26.2 Å². The lowest BCUT2D eigenvalue weighted by atomic mass is 10.3. The molecule has 0 aliphatic rings. The summed E-state index contributed by atoms with van der Waals surface area (Å²) in [6.45, 7) is 5.23. The maximum atomic E-state index is 5.05. The second-order valence-electron chi connectivity index (χ2n) is 1.90. The molecule has 0 rings (SSSR count). The minimum atomic E-state index is 0.844. The Bertz CT molecular complexity index is 81.1. The van der Waals surface area contributed by atoms with Gasteiger partial charge in [0.1, 0.15) is 0 Å². The molecule has 51 valence electrons. The van der Waals surface area contributed by atoms with E-state index >= 15 is 0 Å². The average molecular weight is 124 g/mol. The van der Waals surface area contributed by atoms with Crippen molar-refractivity contribution in [3.63, 3.8) is 0 Å². The first-order chi connectivity index (χ1) is 4.41. The second kappa shape index (κ2) is 7.52. The van der Waals surface area contributed by atoms with Gasteiger partial charge in [0.2, 0.25) is 0 Å². The molecule has 0 amide bonds. The van der Waals surface area contributed by atoms with Crippen LogP contribution in [-0.2, 0) is 0 Å². The molecule has 0 aliphatic carbocycles. The molecule has 1 radical (unpaired) electrons. The van der Waals surface area contributed by atoms with Crippen molar-refractivity contribution in [3.8, 4) is 12.3 Å². The fraction of sp³-hybridized carbons (Fsp3) is 0.625. The summed E-state index contributed by atoms with van der Waals surface area (Å²) in [5.74, 6) is 2.57. The predicted octanol–water partition coefficient (Wildman–Crippen LogP) is 1.56.